The van der Waals surface area contributed by atoms with Crippen molar-refractivity contribution < 1.29 is 43.9 Å². The minimum absolute atomic E-state index is 0.0825. The summed E-state index contributed by atoms with van der Waals surface area (Å²) in [6.45, 7) is 3.74. The van der Waals surface area contributed by atoms with Gasteiger partial charge in [0, 0.05) is 6.08 Å². The standard InChI is InChI=1S/C23H32O9/c1-5-7-11-23(22(28)29,12-8-6-2)20(21(26)27)32-18(24)10-9-15-13-16(30-3)19(25)17(14-15)31-4/h9-10,13-14,20,25H,5-8,11-12H2,1-4H3,(H,26,27)(H,28,29)/b10-9+/t20-/m1/s1. The molecule has 0 radical (unpaired) electrons. The minimum Gasteiger partial charge on any atom is -0.502 e. The summed E-state index contributed by atoms with van der Waals surface area (Å²) >= 11 is 0. The van der Waals surface area contributed by atoms with Crippen molar-refractivity contribution in [1.82, 2.24) is 0 Å². The zero-order chi connectivity index (χ0) is 24.3. The van der Waals surface area contributed by atoms with E-state index < -0.39 is 29.4 Å². The first-order valence-electron chi connectivity index (χ1n) is 10.5. The van der Waals surface area contributed by atoms with Crippen LogP contribution in [0.25, 0.3) is 6.08 Å². The number of methoxy groups -OCH3 is 2. The van der Waals surface area contributed by atoms with Gasteiger partial charge in [-0.05, 0) is 36.6 Å². The number of carboxylic acid groups (broad SMARTS) is 2. The van der Waals surface area contributed by atoms with Crippen LogP contribution in [0.3, 0.4) is 0 Å². The van der Waals surface area contributed by atoms with Gasteiger partial charge in [0.2, 0.25) is 11.9 Å². The monoisotopic (exact) mass is 452 g/mol. The van der Waals surface area contributed by atoms with E-state index in [9.17, 15) is 29.7 Å². The smallest absolute Gasteiger partial charge is 0.346 e. The molecule has 1 atom stereocenters. The molecule has 1 aromatic carbocycles. The number of ether oxygens (including phenoxy) is 3. The fourth-order valence-corrected chi connectivity index (χ4v) is 3.43. The van der Waals surface area contributed by atoms with Gasteiger partial charge in [0.25, 0.3) is 0 Å². The van der Waals surface area contributed by atoms with Gasteiger partial charge >= 0.3 is 17.9 Å². The maximum atomic E-state index is 12.4. The number of aliphatic carboxylic acids is 2. The molecule has 32 heavy (non-hydrogen) atoms. The summed E-state index contributed by atoms with van der Waals surface area (Å²) in [4.78, 5) is 36.6. The Morgan fingerprint density at radius 3 is 1.88 bits per heavy atom. The molecule has 1 aromatic rings. The third-order valence-electron chi connectivity index (χ3n) is 5.25. The molecule has 9 heteroatoms. The van der Waals surface area contributed by atoms with Crippen LogP contribution in [-0.2, 0) is 19.1 Å². The first-order valence-corrected chi connectivity index (χ1v) is 10.5. The van der Waals surface area contributed by atoms with Gasteiger partial charge in [-0.3, -0.25) is 4.79 Å². The second kappa shape index (κ2) is 12.6. The number of unbranched alkanes of at least 4 members (excludes halogenated alkanes) is 2. The highest BCUT2D eigenvalue weighted by Gasteiger charge is 2.51. The van der Waals surface area contributed by atoms with Crippen LogP contribution in [0.15, 0.2) is 18.2 Å². The number of carbonyl (C=O) groups is 3. The van der Waals surface area contributed by atoms with Crippen LogP contribution in [0.2, 0.25) is 0 Å². The summed E-state index contributed by atoms with van der Waals surface area (Å²) < 4.78 is 15.3. The molecule has 0 aliphatic heterocycles. The van der Waals surface area contributed by atoms with E-state index in [1.165, 1.54) is 32.4 Å². The first kappa shape index (κ1) is 26.8. The fourth-order valence-electron chi connectivity index (χ4n) is 3.43. The predicted octanol–water partition coefficient (Wildman–Crippen LogP) is 3.87. The lowest BCUT2D eigenvalue weighted by atomic mass is 9.73. The summed E-state index contributed by atoms with van der Waals surface area (Å²) in [6.07, 6.45) is 2.97. The number of carbonyl (C=O) groups excluding carboxylic acids is 1. The molecule has 0 spiro atoms. The number of hydrogen-bond donors (Lipinski definition) is 3. The molecule has 0 bridgehead atoms. The van der Waals surface area contributed by atoms with Gasteiger partial charge in [-0.25, -0.2) is 9.59 Å². The average Bonchev–Trinajstić information content (AvgIpc) is 2.77. The molecule has 0 amide bonds. The average molecular weight is 453 g/mol. The second-order valence-corrected chi connectivity index (χ2v) is 7.43. The predicted molar refractivity (Wildman–Crippen MR) is 117 cm³/mol. The van der Waals surface area contributed by atoms with Gasteiger partial charge in [0.15, 0.2) is 11.5 Å². The van der Waals surface area contributed by atoms with Crippen molar-refractivity contribution in [3.63, 3.8) is 0 Å². The van der Waals surface area contributed by atoms with Crippen molar-refractivity contribution in [3.8, 4) is 17.2 Å². The van der Waals surface area contributed by atoms with Crippen molar-refractivity contribution in [2.75, 3.05) is 14.2 Å². The topological polar surface area (TPSA) is 140 Å². The van der Waals surface area contributed by atoms with Crippen molar-refractivity contribution in [2.45, 2.75) is 58.5 Å². The Hall–Kier alpha value is -3.23. The van der Waals surface area contributed by atoms with Gasteiger partial charge in [0.1, 0.15) is 5.41 Å². The summed E-state index contributed by atoms with van der Waals surface area (Å²) in [7, 11) is 2.71. The molecule has 178 valence electrons. The van der Waals surface area contributed by atoms with Crippen LogP contribution in [-0.4, -0.2) is 53.6 Å². The highest BCUT2D eigenvalue weighted by Crippen LogP contribution is 2.39. The van der Waals surface area contributed by atoms with Gasteiger partial charge < -0.3 is 29.5 Å². The van der Waals surface area contributed by atoms with Crippen LogP contribution in [0.5, 0.6) is 17.2 Å². The van der Waals surface area contributed by atoms with Gasteiger partial charge in [-0.2, -0.15) is 0 Å². The molecular weight excluding hydrogens is 420 g/mol. The third kappa shape index (κ3) is 6.63. The van der Waals surface area contributed by atoms with Crippen molar-refractivity contribution in [1.29, 1.82) is 0 Å². The molecule has 0 aliphatic carbocycles. The number of esters is 1. The quantitative estimate of drug-likeness (QED) is 0.283. The van der Waals surface area contributed by atoms with Gasteiger partial charge in [-0.15, -0.1) is 0 Å². The molecule has 0 unspecified atom stereocenters. The normalized spacial score (nSPS) is 12.4. The van der Waals surface area contributed by atoms with Crippen molar-refractivity contribution in [2.24, 2.45) is 5.41 Å². The maximum Gasteiger partial charge on any atom is 0.346 e. The molecule has 0 aliphatic rings. The molecule has 1 rings (SSSR count). The van der Waals surface area contributed by atoms with Gasteiger partial charge in [-0.1, -0.05) is 39.5 Å². The van der Waals surface area contributed by atoms with Crippen LogP contribution >= 0.6 is 0 Å². The van der Waals surface area contributed by atoms with Crippen molar-refractivity contribution in [3.05, 3.63) is 23.8 Å². The number of aromatic hydroxyl groups is 1. The lowest BCUT2D eigenvalue weighted by Gasteiger charge is -2.34. The van der Waals surface area contributed by atoms with Crippen LogP contribution in [0, 0.1) is 5.41 Å². The van der Waals surface area contributed by atoms with E-state index in [4.69, 9.17) is 14.2 Å². The zero-order valence-electron chi connectivity index (χ0n) is 18.9. The molecule has 9 nitrogen and oxygen atoms in total. The second-order valence-electron chi connectivity index (χ2n) is 7.43. The Kier molecular flexibility index (Phi) is 10.5. The maximum absolute atomic E-state index is 12.4. The Balaban J connectivity index is 3.21. The van der Waals surface area contributed by atoms with Crippen LogP contribution < -0.4 is 9.47 Å². The number of carboxylic acids is 2. The molecule has 0 aromatic heterocycles. The number of benzene rings is 1. The Morgan fingerprint density at radius 2 is 1.50 bits per heavy atom. The van der Waals surface area contributed by atoms with Gasteiger partial charge in [0.05, 0.1) is 14.2 Å². The zero-order valence-corrected chi connectivity index (χ0v) is 18.9. The van der Waals surface area contributed by atoms with E-state index in [0.717, 1.165) is 6.08 Å². The van der Waals surface area contributed by atoms with E-state index in [1.54, 1.807) is 0 Å². The number of hydrogen-bond acceptors (Lipinski definition) is 7. The Morgan fingerprint density at radius 1 is 1.00 bits per heavy atom. The van der Waals surface area contributed by atoms with E-state index in [-0.39, 0.29) is 30.1 Å². The van der Waals surface area contributed by atoms with Crippen LogP contribution in [0.4, 0.5) is 0 Å². The highest BCUT2D eigenvalue weighted by molar-refractivity contribution is 5.92. The van der Waals surface area contributed by atoms with Crippen LogP contribution in [0.1, 0.15) is 57.9 Å². The molecule has 0 saturated carbocycles. The summed E-state index contributed by atoms with van der Waals surface area (Å²) in [5, 5.41) is 29.6. The number of rotatable bonds is 14. The molecule has 3 N–H and O–H groups in total. The lowest BCUT2D eigenvalue weighted by Crippen LogP contribution is -2.49. The third-order valence-corrected chi connectivity index (χ3v) is 5.25. The van der Waals surface area contributed by atoms with Crippen molar-refractivity contribution >= 4 is 24.0 Å². The number of phenolic OH excluding ortho intramolecular Hbond substituents is 1. The first-order chi connectivity index (χ1) is 15.2. The molecular formula is C23H32O9. The molecule has 0 heterocycles. The summed E-state index contributed by atoms with van der Waals surface area (Å²) in [6, 6.07) is 2.89. The minimum atomic E-state index is -1.83. The molecule has 0 fully saturated rings. The summed E-state index contributed by atoms with van der Waals surface area (Å²) in [5.74, 6) is -3.78. The highest BCUT2D eigenvalue weighted by atomic mass is 16.6. The van der Waals surface area contributed by atoms with E-state index in [2.05, 4.69) is 0 Å². The summed E-state index contributed by atoms with van der Waals surface area (Å²) in [5.41, 5.74) is -1.30. The SMILES string of the molecule is CCCCC(CCCC)(C(=O)O)[C@H](OC(=O)/C=C/c1cc(OC)c(O)c(OC)c1)C(=O)O. The van der Waals surface area contributed by atoms with E-state index in [0.29, 0.717) is 31.2 Å². The Bertz CT molecular complexity index is 796. The Labute approximate surface area is 187 Å². The number of phenols is 1. The fraction of sp³-hybridized carbons (Fsp3) is 0.522. The van der Waals surface area contributed by atoms with E-state index in [1.807, 2.05) is 13.8 Å². The molecule has 0 saturated heterocycles. The van der Waals surface area contributed by atoms with E-state index >= 15 is 0 Å². The largest absolute Gasteiger partial charge is 0.502 e. The lowest BCUT2D eigenvalue weighted by molar-refractivity contribution is -0.182.